The summed E-state index contributed by atoms with van der Waals surface area (Å²) >= 11 is 0. The van der Waals surface area contributed by atoms with Gasteiger partial charge in [-0.1, -0.05) is 32.0 Å². The van der Waals surface area contributed by atoms with Crippen LogP contribution in [0.25, 0.3) is 0 Å². The summed E-state index contributed by atoms with van der Waals surface area (Å²) in [6.45, 7) is 7.28. The lowest BCUT2D eigenvalue weighted by molar-refractivity contribution is 0.949. The number of benzene rings is 1. The Bertz CT molecular complexity index is 566. The molecule has 0 aliphatic heterocycles. The van der Waals surface area contributed by atoms with Crippen molar-refractivity contribution in [2.24, 2.45) is 0 Å². The van der Waals surface area contributed by atoms with Gasteiger partial charge in [-0.25, -0.2) is 9.97 Å². The molecular formula is C16H22N4. The standard InChI is InChI=1S/C16H22N4/c1-4-10-17-15-13(5-2)16(19-11-18-15)20-14-9-7-6-8-12(14)3/h6-9,11H,4-5,10H2,1-3H3,(H2,17,18,19,20). The summed E-state index contributed by atoms with van der Waals surface area (Å²) in [6.07, 6.45) is 3.58. The van der Waals surface area contributed by atoms with Crippen molar-refractivity contribution in [3.8, 4) is 0 Å². The average molecular weight is 270 g/mol. The first-order valence-electron chi connectivity index (χ1n) is 7.16. The van der Waals surface area contributed by atoms with Gasteiger partial charge >= 0.3 is 0 Å². The number of hydrogen-bond donors (Lipinski definition) is 2. The van der Waals surface area contributed by atoms with Crippen LogP contribution >= 0.6 is 0 Å². The van der Waals surface area contributed by atoms with Crippen LogP contribution in [0.15, 0.2) is 30.6 Å². The smallest absolute Gasteiger partial charge is 0.139 e. The molecule has 0 spiro atoms. The van der Waals surface area contributed by atoms with Crippen molar-refractivity contribution < 1.29 is 0 Å². The van der Waals surface area contributed by atoms with E-state index in [-0.39, 0.29) is 0 Å². The molecule has 0 amide bonds. The van der Waals surface area contributed by atoms with E-state index in [1.165, 1.54) is 5.56 Å². The minimum Gasteiger partial charge on any atom is -0.370 e. The quantitative estimate of drug-likeness (QED) is 0.835. The fraction of sp³-hybridized carbons (Fsp3) is 0.375. The van der Waals surface area contributed by atoms with Crippen molar-refractivity contribution in [3.63, 3.8) is 0 Å². The minimum atomic E-state index is 0.885. The Kier molecular flexibility index (Phi) is 4.93. The van der Waals surface area contributed by atoms with E-state index in [1.54, 1.807) is 6.33 Å². The van der Waals surface area contributed by atoms with Crippen LogP contribution in [0.1, 0.15) is 31.4 Å². The number of nitrogens with zero attached hydrogens (tertiary/aromatic N) is 2. The monoisotopic (exact) mass is 270 g/mol. The van der Waals surface area contributed by atoms with Crippen molar-refractivity contribution in [2.45, 2.75) is 33.6 Å². The molecule has 0 fully saturated rings. The second-order valence-corrected chi connectivity index (χ2v) is 4.77. The van der Waals surface area contributed by atoms with Crippen molar-refractivity contribution in [1.29, 1.82) is 0 Å². The summed E-state index contributed by atoms with van der Waals surface area (Å²) in [6, 6.07) is 8.22. The van der Waals surface area contributed by atoms with Crippen molar-refractivity contribution in [3.05, 3.63) is 41.7 Å². The van der Waals surface area contributed by atoms with Crippen LogP contribution in [0.2, 0.25) is 0 Å². The molecule has 0 radical (unpaired) electrons. The van der Waals surface area contributed by atoms with Crippen LogP contribution in [0, 0.1) is 6.92 Å². The SMILES string of the molecule is CCCNc1ncnc(Nc2ccccc2C)c1CC. The fourth-order valence-corrected chi connectivity index (χ4v) is 2.09. The maximum Gasteiger partial charge on any atom is 0.139 e. The van der Waals surface area contributed by atoms with Gasteiger partial charge < -0.3 is 10.6 Å². The lowest BCUT2D eigenvalue weighted by Gasteiger charge is -2.15. The molecule has 0 atom stereocenters. The van der Waals surface area contributed by atoms with Crippen LogP contribution in [0.4, 0.5) is 17.3 Å². The second kappa shape index (κ2) is 6.89. The van der Waals surface area contributed by atoms with Gasteiger partial charge in [0.25, 0.3) is 0 Å². The van der Waals surface area contributed by atoms with Gasteiger partial charge in [0.2, 0.25) is 0 Å². The Morgan fingerprint density at radius 2 is 1.80 bits per heavy atom. The highest BCUT2D eigenvalue weighted by Crippen LogP contribution is 2.25. The number of aryl methyl sites for hydroxylation is 1. The molecule has 0 aliphatic carbocycles. The van der Waals surface area contributed by atoms with Crippen LogP contribution in [0.5, 0.6) is 0 Å². The highest BCUT2D eigenvalue weighted by molar-refractivity contribution is 5.66. The second-order valence-electron chi connectivity index (χ2n) is 4.77. The number of aromatic nitrogens is 2. The predicted octanol–water partition coefficient (Wildman–Crippen LogP) is 3.91. The maximum absolute atomic E-state index is 4.39. The van der Waals surface area contributed by atoms with Gasteiger partial charge in [-0.15, -0.1) is 0 Å². The molecule has 0 saturated heterocycles. The third-order valence-electron chi connectivity index (χ3n) is 3.24. The number of nitrogens with one attached hydrogen (secondary N) is 2. The summed E-state index contributed by atoms with van der Waals surface area (Å²) in [7, 11) is 0. The molecule has 2 aromatic rings. The molecule has 1 heterocycles. The predicted molar refractivity (Wildman–Crippen MR) is 84.7 cm³/mol. The Morgan fingerprint density at radius 3 is 2.50 bits per heavy atom. The lowest BCUT2D eigenvalue weighted by Crippen LogP contribution is -2.08. The number of anilines is 3. The van der Waals surface area contributed by atoms with Crippen LogP contribution < -0.4 is 10.6 Å². The lowest BCUT2D eigenvalue weighted by atomic mass is 10.1. The first-order chi connectivity index (χ1) is 9.76. The first kappa shape index (κ1) is 14.3. The van der Waals surface area contributed by atoms with Crippen molar-refractivity contribution >= 4 is 17.3 Å². The van der Waals surface area contributed by atoms with E-state index in [0.717, 1.165) is 42.3 Å². The molecule has 0 bridgehead atoms. The van der Waals surface area contributed by atoms with Crippen molar-refractivity contribution in [2.75, 3.05) is 17.2 Å². The van der Waals surface area contributed by atoms with Crippen LogP contribution in [0.3, 0.4) is 0 Å². The van der Waals surface area contributed by atoms with E-state index < -0.39 is 0 Å². The molecule has 4 nitrogen and oxygen atoms in total. The molecule has 4 heteroatoms. The zero-order valence-corrected chi connectivity index (χ0v) is 12.4. The summed E-state index contributed by atoms with van der Waals surface area (Å²) in [5.41, 5.74) is 3.42. The molecule has 0 saturated carbocycles. The van der Waals surface area contributed by atoms with E-state index in [1.807, 2.05) is 12.1 Å². The Labute approximate surface area is 120 Å². The van der Waals surface area contributed by atoms with E-state index >= 15 is 0 Å². The Hall–Kier alpha value is -2.10. The average Bonchev–Trinajstić information content (AvgIpc) is 2.47. The highest BCUT2D eigenvalue weighted by atomic mass is 15.1. The number of hydrogen-bond acceptors (Lipinski definition) is 4. The van der Waals surface area contributed by atoms with E-state index in [9.17, 15) is 0 Å². The summed E-state index contributed by atoms with van der Waals surface area (Å²) in [5.74, 6) is 1.82. The molecule has 20 heavy (non-hydrogen) atoms. The van der Waals surface area contributed by atoms with Gasteiger partial charge in [0, 0.05) is 17.8 Å². The van der Waals surface area contributed by atoms with Gasteiger partial charge in [0.15, 0.2) is 0 Å². The molecule has 0 aliphatic rings. The zero-order chi connectivity index (χ0) is 14.4. The van der Waals surface area contributed by atoms with Crippen LogP contribution in [-0.4, -0.2) is 16.5 Å². The topological polar surface area (TPSA) is 49.8 Å². The maximum atomic E-state index is 4.39. The minimum absolute atomic E-state index is 0.885. The molecular weight excluding hydrogens is 248 g/mol. The van der Waals surface area contributed by atoms with Gasteiger partial charge in [0.05, 0.1) is 0 Å². The zero-order valence-electron chi connectivity index (χ0n) is 12.4. The Balaban J connectivity index is 2.29. The number of para-hydroxylation sites is 1. The van der Waals surface area contributed by atoms with Crippen LogP contribution in [-0.2, 0) is 6.42 Å². The highest BCUT2D eigenvalue weighted by Gasteiger charge is 2.10. The molecule has 1 aromatic carbocycles. The summed E-state index contributed by atoms with van der Waals surface area (Å²) in [4.78, 5) is 8.74. The van der Waals surface area contributed by atoms with Gasteiger partial charge in [-0.05, 0) is 31.4 Å². The van der Waals surface area contributed by atoms with E-state index in [4.69, 9.17) is 0 Å². The van der Waals surface area contributed by atoms with Gasteiger partial charge in [-0.3, -0.25) is 0 Å². The van der Waals surface area contributed by atoms with Gasteiger partial charge in [0.1, 0.15) is 18.0 Å². The molecule has 106 valence electrons. The van der Waals surface area contributed by atoms with E-state index in [2.05, 4.69) is 53.5 Å². The van der Waals surface area contributed by atoms with E-state index in [0.29, 0.717) is 0 Å². The van der Waals surface area contributed by atoms with Crippen molar-refractivity contribution in [1.82, 2.24) is 9.97 Å². The third-order valence-corrected chi connectivity index (χ3v) is 3.24. The molecule has 2 rings (SSSR count). The molecule has 1 aromatic heterocycles. The summed E-state index contributed by atoms with van der Waals surface area (Å²) < 4.78 is 0. The first-order valence-corrected chi connectivity index (χ1v) is 7.16. The normalized spacial score (nSPS) is 10.3. The summed E-state index contributed by atoms with van der Waals surface area (Å²) in [5, 5.41) is 6.78. The third kappa shape index (κ3) is 3.26. The Morgan fingerprint density at radius 1 is 1.05 bits per heavy atom. The number of rotatable bonds is 6. The largest absolute Gasteiger partial charge is 0.370 e. The van der Waals surface area contributed by atoms with Gasteiger partial charge in [-0.2, -0.15) is 0 Å². The molecule has 2 N–H and O–H groups in total. The molecule has 0 unspecified atom stereocenters. The fourth-order valence-electron chi connectivity index (χ4n) is 2.09.